The molecule has 8 nitrogen and oxygen atoms in total. The summed E-state index contributed by atoms with van der Waals surface area (Å²) >= 11 is 3.45. The molecule has 1 fully saturated rings. The normalized spacial score (nSPS) is 15.4. The third-order valence-electron chi connectivity index (χ3n) is 5.24. The van der Waals surface area contributed by atoms with Crippen LogP contribution in [0.3, 0.4) is 0 Å². The van der Waals surface area contributed by atoms with Gasteiger partial charge < -0.3 is 24.4 Å². The second kappa shape index (κ2) is 13.0. The number of rotatable bonds is 11. The van der Waals surface area contributed by atoms with Crippen molar-refractivity contribution in [2.24, 2.45) is 0 Å². The van der Waals surface area contributed by atoms with Crippen LogP contribution in [0.4, 0.5) is 0 Å². The van der Waals surface area contributed by atoms with E-state index in [1.165, 1.54) is 4.90 Å². The molecule has 9 heteroatoms. The summed E-state index contributed by atoms with van der Waals surface area (Å²) in [4.78, 5) is 39.5. The Morgan fingerprint density at radius 3 is 2.62 bits per heavy atom. The molecule has 1 saturated heterocycles. The summed E-state index contributed by atoms with van der Waals surface area (Å²) in [5, 5.41) is 2.72. The van der Waals surface area contributed by atoms with Gasteiger partial charge in [-0.1, -0.05) is 31.5 Å². The van der Waals surface area contributed by atoms with Gasteiger partial charge in [-0.25, -0.2) is 0 Å². The molecule has 34 heavy (non-hydrogen) atoms. The zero-order valence-corrected chi connectivity index (χ0v) is 20.7. The number of benzene rings is 2. The Hall–Kier alpha value is -3.07. The Balaban J connectivity index is 1.57. The maximum Gasteiger partial charge on any atom is 0.308 e. The van der Waals surface area contributed by atoms with Crippen molar-refractivity contribution in [3.8, 4) is 11.5 Å². The van der Waals surface area contributed by atoms with Gasteiger partial charge in [0.25, 0.3) is 5.91 Å². The minimum atomic E-state index is -0.942. The van der Waals surface area contributed by atoms with E-state index in [0.717, 1.165) is 12.8 Å². The van der Waals surface area contributed by atoms with E-state index in [2.05, 4.69) is 28.2 Å². The number of unbranched alkanes of at least 4 members (excludes halogenated alkanes) is 1. The van der Waals surface area contributed by atoms with E-state index in [4.69, 9.17) is 14.2 Å². The highest BCUT2D eigenvalue weighted by molar-refractivity contribution is 9.10. The number of nitrogens with one attached hydrogen (secondary N) is 1. The molecule has 1 aliphatic rings. The molecule has 0 saturated carbocycles. The van der Waals surface area contributed by atoms with Gasteiger partial charge in [0.1, 0.15) is 30.8 Å². The van der Waals surface area contributed by atoms with Gasteiger partial charge in [0, 0.05) is 18.7 Å². The van der Waals surface area contributed by atoms with Crippen LogP contribution in [0.25, 0.3) is 0 Å². The third kappa shape index (κ3) is 7.21. The zero-order valence-electron chi connectivity index (χ0n) is 19.1. The fraction of sp³-hybridized carbons (Fsp3) is 0.400. The second-order valence-electron chi connectivity index (χ2n) is 7.74. The topological polar surface area (TPSA) is 94.2 Å². The van der Waals surface area contributed by atoms with Crippen molar-refractivity contribution in [3.05, 3.63) is 58.6 Å². The van der Waals surface area contributed by atoms with Crippen molar-refractivity contribution >= 4 is 33.7 Å². The summed E-state index contributed by atoms with van der Waals surface area (Å²) in [5.41, 5.74) is 0.402. The first-order valence-electron chi connectivity index (χ1n) is 11.3. The largest absolute Gasteiger partial charge is 0.492 e. The Bertz CT molecular complexity index is 985. The lowest BCUT2D eigenvalue weighted by atomic mass is 10.1. The average Bonchev–Trinajstić information content (AvgIpc) is 2.84. The van der Waals surface area contributed by atoms with Crippen molar-refractivity contribution in [2.45, 2.75) is 32.2 Å². The fourth-order valence-electron chi connectivity index (χ4n) is 3.45. The summed E-state index contributed by atoms with van der Waals surface area (Å²) in [6.07, 6.45) is 1.73. The molecule has 0 aliphatic carbocycles. The molecule has 1 unspecified atom stereocenters. The van der Waals surface area contributed by atoms with Crippen LogP contribution in [0.1, 0.15) is 36.5 Å². The molecule has 1 atom stereocenters. The number of halogens is 1. The summed E-state index contributed by atoms with van der Waals surface area (Å²) in [7, 11) is 0. The van der Waals surface area contributed by atoms with Crippen molar-refractivity contribution in [1.29, 1.82) is 0 Å². The summed E-state index contributed by atoms with van der Waals surface area (Å²) < 4.78 is 17.1. The predicted octanol–water partition coefficient (Wildman–Crippen LogP) is 3.58. The molecule has 3 rings (SSSR count). The molecule has 1 heterocycles. The lowest BCUT2D eigenvalue weighted by molar-refractivity contribution is -0.148. The number of hydrogen-bond donors (Lipinski definition) is 1. The van der Waals surface area contributed by atoms with Crippen LogP contribution in [-0.2, 0) is 14.3 Å². The van der Waals surface area contributed by atoms with Crippen molar-refractivity contribution in [1.82, 2.24) is 10.2 Å². The molecule has 182 valence electrons. The number of carbonyl (C=O) groups excluding carboxylic acids is 3. The van der Waals surface area contributed by atoms with Crippen LogP contribution in [0, 0.1) is 0 Å². The Morgan fingerprint density at radius 2 is 1.88 bits per heavy atom. The van der Waals surface area contributed by atoms with Crippen LogP contribution in [0.15, 0.2) is 53.0 Å². The van der Waals surface area contributed by atoms with Gasteiger partial charge >= 0.3 is 5.97 Å². The van der Waals surface area contributed by atoms with Crippen LogP contribution >= 0.6 is 15.9 Å². The van der Waals surface area contributed by atoms with E-state index in [-0.39, 0.29) is 31.4 Å². The van der Waals surface area contributed by atoms with Gasteiger partial charge in [0.05, 0.1) is 17.5 Å². The lowest BCUT2D eigenvalue weighted by Gasteiger charge is -2.34. The highest BCUT2D eigenvalue weighted by atomic mass is 79.9. The smallest absolute Gasteiger partial charge is 0.308 e. The quantitative estimate of drug-likeness (QED) is 0.351. The van der Waals surface area contributed by atoms with E-state index in [1.54, 1.807) is 30.3 Å². The molecule has 0 bridgehead atoms. The van der Waals surface area contributed by atoms with Gasteiger partial charge in [-0.05, 0) is 52.7 Å². The number of esters is 1. The van der Waals surface area contributed by atoms with Crippen molar-refractivity contribution in [2.75, 3.05) is 32.9 Å². The molecule has 0 spiro atoms. The Labute approximate surface area is 207 Å². The van der Waals surface area contributed by atoms with Crippen LogP contribution in [-0.4, -0.2) is 61.6 Å². The maximum absolute atomic E-state index is 13.2. The fourth-order valence-corrected chi connectivity index (χ4v) is 3.95. The molecule has 1 aliphatic heterocycles. The summed E-state index contributed by atoms with van der Waals surface area (Å²) in [6.45, 7) is 3.53. The number of piperazine rings is 1. The molecule has 2 aromatic carbocycles. The van der Waals surface area contributed by atoms with E-state index in [9.17, 15) is 14.4 Å². The lowest BCUT2D eigenvalue weighted by Crippen LogP contribution is -2.57. The Kier molecular flexibility index (Phi) is 9.75. The Morgan fingerprint density at radius 1 is 1.09 bits per heavy atom. The molecular weight excluding hydrogens is 504 g/mol. The van der Waals surface area contributed by atoms with Gasteiger partial charge in [-0.15, -0.1) is 0 Å². The standard InChI is InChI=1S/C25H29BrN2O6/c1-2-3-13-33-22-10-9-18(16-20(22)26)25(31)28-12-11-27-24(30)21(28)17-23(29)34-15-14-32-19-7-5-4-6-8-19/h4-10,16,21H,2-3,11-15,17H2,1H3,(H,27,30). The predicted molar refractivity (Wildman–Crippen MR) is 130 cm³/mol. The van der Waals surface area contributed by atoms with Crippen LogP contribution in [0.2, 0.25) is 0 Å². The molecule has 1 N–H and O–H groups in total. The highest BCUT2D eigenvalue weighted by Crippen LogP contribution is 2.27. The first-order chi connectivity index (χ1) is 16.5. The molecule has 2 amide bonds. The summed E-state index contributed by atoms with van der Waals surface area (Å²) in [5.74, 6) is 0.0445. The number of para-hydroxylation sites is 1. The summed E-state index contributed by atoms with van der Waals surface area (Å²) in [6, 6.07) is 13.3. The minimum absolute atomic E-state index is 0.0441. The first kappa shape index (κ1) is 25.6. The van der Waals surface area contributed by atoms with Crippen LogP contribution in [0.5, 0.6) is 11.5 Å². The maximum atomic E-state index is 13.2. The van der Waals surface area contributed by atoms with Crippen LogP contribution < -0.4 is 14.8 Å². The number of amides is 2. The van der Waals surface area contributed by atoms with Gasteiger partial charge in [-0.3, -0.25) is 14.4 Å². The highest BCUT2D eigenvalue weighted by Gasteiger charge is 2.35. The van der Waals surface area contributed by atoms with E-state index in [1.807, 2.05) is 18.2 Å². The molecule has 0 aromatic heterocycles. The minimum Gasteiger partial charge on any atom is -0.492 e. The number of ether oxygens (including phenoxy) is 3. The average molecular weight is 533 g/mol. The number of carbonyl (C=O) groups is 3. The molecular formula is C25H29BrN2O6. The number of hydrogen-bond acceptors (Lipinski definition) is 6. The van der Waals surface area contributed by atoms with E-state index < -0.39 is 12.0 Å². The van der Waals surface area contributed by atoms with E-state index >= 15 is 0 Å². The van der Waals surface area contributed by atoms with Gasteiger partial charge in [0.15, 0.2) is 0 Å². The van der Waals surface area contributed by atoms with Crippen molar-refractivity contribution in [3.63, 3.8) is 0 Å². The third-order valence-corrected chi connectivity index (χ3v) is 5.86. The SMILES string of the molecule is CCCCOc1ccc(C(=O)N2CCNC(=O)C2CC(=O)OCCOc2ccccc2)cc1Br. The zero-order chi connectivity index (χ0) is 24.3. The number of nitrogens with zero attached hydrogens (tertiary/aromatic N) is 1. The molecule has 0 radical (unpaired) electrons. The second-order valence-corrected chi connectivity index (χ2v) is 8.59. The molecule has 2 aromatic rings. The van der Waals surface area contributed by atoms with Gasteiger partial charge in [0.2, 0.25) is 5.91 Å². The van der Waals surface area contributed by atoms with E-state index in [0.29, 0.717) is 41.2 Å². The van der Waals surface area contributed by atoms with Crippen molar-refractivity contribution < 1.29 is 28.6 Å². The first-order valence-corrected chi connectivity index (χ1v) is 12.1. The van der Waals surface area contributed by atoms with Gasteiger partial charge in [-0.2, -0.15) is 0 Å². The monoisotopic (exact) mass is 532 g/mol.